The molecule has 3 nitrogen and oxygen atoms in total. The molecule has 1 N–H and O–H groups in total. The molecule has 4 heteroatoms. The number of amidine groups is 1. The van der Waals surface area contributed by atoms with E-state index >= 15 is 0 Å². The van der Waals surface area contributed by atoms with Gasteiger partial charge in [-0.3, -0.25) is 4.99 Å². The Hall–Kier alpha value is -0.220. The molecule has 0 aromatic rings. The van der Waals surface area contributed by atoms with Crippen molar-refractivity contribution >= 4 is 16.9 Å². The SMILES string of the molecule is CCC(CC)C1CN=C(NCCCN2CCCCC2C)S1. The average Bonchev–Trinajstić information content (AvgIpc) is 2.95. The van der Waals surface area contributed by atoms with Crippen LogP contribution < -0.4 is 5.32 Å². The largest absolute Gasteiger partial charge is 0.365 e. The van der Waals surface area contributed by atoms with Crippen molar-refractivity contribution in [2.45, 2.75) is 70.6 Å². The van der Waals surface area contributed by atoms with Gasteiger partial charge >= 0.3 is 0 Å². The Morgan fingerprint density at radius 2 is 2.14 bits per heavy atom. The van der Waals surface area contributed by atoms with Crippen LogP contribution in [0.5, 0.6) is 0 Å². The first-order valence-corrected chi connectivity index (χ1v) is 9.81. The van der Waals surface area contributed by atoms with Crippen molar-refractivity contribution in [3.05, 3.63) is 0 Å². The van der Waals surface area contributed by atoms with Crippen molar-refractivity contribution < 1.29 is 0 Å². The molecule has 0 aromatic heterocycles. The summed E-state index contributed by atoms with van der Waals surface area (Å²) in [6.07, 6.45) is 7.98. The van der Waals surface area contributed by atoms with E-state index in [2.05, 4.69) is 36.0 Å². The van der Waals surface area contributed by atoms with Crippen LogP contribution in [0.25, 0.3) is 0 Å². The quantitative estimate of drug-likeness (QED) is 0.726. The van der Waals surface area contributed by atoms with Crippen LogP contribution in [-0.2, 0) is 0 Å². The van der Waals surface area contributed by atoms with Crippen molar-refractivity contribution in [1.29, 1.82) is 0 Å². The third-order valence-electron chi connectivity index (χ3n) is 5.09. The van der Waals surface area contributed by atoms with E-state index in [4.69, 9.17) is 0 Å². The van der Waals surface area contributed by atoms with Crippen LogP contribution in [0.4, 0.5) is 0 Å². The van der Waals surface area contributed by atoms with E-state index in [1.165, 1.54) is 56.8 Å². The molecule has 0 radical (unpaired) electrons. The molecule has 0 amide bonds. The minimum Gasteiger partial charge on any atom is -0.365 e. The molecule has 2 heterocycles. The van der Waals surface area contributed by atoms with Crippen LogP contribution in [0.1, 0.15) is 59.3 Å². The lowest BCUT2D eigenvalue weighted by atomic mass is 9.99. The van der Waals surface area contributed by atoms with Crippen LogP contribution >= 0.6 is 11.8 Å². The Balaban J connectivity index is 1.59. The van der Waals surface area contributed by atoms with Gasteiger partial charge in [0.2, 0.25) is 0 Å². The molecule has 2 rings (SSSR count). The number of thioether (sulfide) groups is 1. The molecule has 122 valence electrons. The van der Waals surface area contributed by atoms with Gasteiger partial charge in [0.25, 0.3) is 0 Å². The van der Waals surface area contributed by atoms with Crippen LogP contribution in [-0.4, -0.2) is 47.5 Å². The molecule has 2 aliphatic rings. The molecule has 2 atom stereocenters. The smallest absolute Gasteiger partial charge is 0.156 e. The van der Waals surface area contributed by atoms with E-state index in [1.807, 2.05) is 11.8 Å². The van der Waals surface area contributed by atoms with E-state index < -0.39 is 0 Å². The minimum absolute atomic E-state index is 0.713. The summed E-state index contributed by atoms with van der Waals surface area (Å²) in [5, 5.41) is 5.46. The number of rotatable bonds is 7. The fraction of sp³-hybridized carbons (Fsp3) is 0.941. The third-order valence-corrected chi connectivity index (χ3v) is 6.42. The summed E-state index contributed by atoms with van der Waals surface area (Å²) < 4.78 is 0. The standard InChI is InChI=1S/C17H33N3S/c1-4-15(5-2)16-13-19-17(21-16)18-10-8-12-20-11-7-6-9-14(20)3/h14-16H,4-13H2,1-3H3,(H,18,19). The van der Waals surface area contributed by atoms with Gasteiger partial charge < -0.3 is 10.2 Å². The van der Waals surface area contributed by atoms with Gasteiger partial charge in [-0.25, -0.2) is 0 Å². The molecular weight excluding hydrogens is 278 g/mol. The van der Waals surface area contributed by atoms with Crippen molar-refractivity contribution in [2.24, 2.45) is 10.9 Å². The molecule has 2 unspecified atom stereocenters. The molecular formula is C17H33N3S. The predicted octanol–water partition coefficient (Wildman–Crippen LogP) is 3.75. The highest BCUT2D eigenvalue weighted by Gasteiger charge is 2.25. The maximum atomic E-state index is 4.69. The van der Waals surface area contributed by atoms with Gasteiger partial charge in [-0.2, -0.15) is 0 Å². The molecule has 0 aliphatic carbocycles. The lowest BCUT2D eigenvalue weighted by molar-refractivity contribution is 0.159. The normalized spacial score (nSPS) is 27.1. The zero-order valence-corrected chi connectivity index (χ0v) is 14.9. The van der Waals surface area contributed by atoms with Gasteiger partial charge in [0.15, 0.2) is 5.17 Å². The predicted molar refractivity (Wildman–Crippen MR) is 95.3 cm³/mol. The lowest BCUT2D eigenvalue weighted by Crippen LogP contribution is -2.39. The molecule has 0 aromatic carbocycles. The Morgan fingerprint density at radius 3 is 2.86 bits per heavy atom. The molecule has 0 bridgehead atoms. The molecule has 1 fully saturated rings. The third kappa shape index (κ3) is 5.17. The molecule has 21 heavy (non-hydrogen) atoms. The zero-order valence-electron chi connectivity index (χ0n) is 14.1. The van der Waals surface area contributed by atoms with Gasteiger partial charge in [0.05, 0.1) is 6.54 Å². The van der Waals surface area contributed by atoms with Gasteiger partial charge in [-0.15, -0.1) is 0 Å². The number of aliphatic imine (C=N–C) groups is 1. The van der Waals surface area contributed by atoms with Crippen LogP contribution in [0.3, 0.4) is 0 Å². The Bertz CT molecular complexity index is 328. The number of likely N-dealkylation sites (tertiary alicyclic amines) is 1. The van der Waals surface area contributed by atoms with Crippen molar-refractivity contribution in [3.8, 4) is 0 Å². The molecule has 0 spiro atoms. The van der Waals surface area contributed by atoms with Crippen molar-refractivity contribution in [3.63, 3.8) is 0 Å². The molecule has 0 saturated carbocycles. The highest BCUT2D eigenvalue weighted by Crippen LogP contribution is 2.30. The van der Waals surface area contributed by atoms with Gasteiger partial charge in [-0.1, -0.05) is 44.9 Å². The first-order chi connectivity index (χ1) is 10.2. The fourth-order valence-electron chi connectivity index (χ4n) is 3.52. The topological polar surface area (TPSA) is 27.6 Å². The summed E-state index contributed by atoms with van der Waals surface area (Å²) in [6, 6.07) is 0.788. The number of nitrogens with zero attached hydrogens (tertiary/aromatic N) is 2. The second-order valence-corrected chi connectivity index (χ2v) is 7.77. The second kappa shape index (κ2) is 9.04. The molecule has 2 aliphatic heterocycles. The van der Waals surface area contributed by atoms with Crippen molar-refractivity contribution in [2.75, 3.05) is 26.2 Å². The average molecular weight is 312 g/mol. The first-order valence-electron chi connectivity index (χ1n) is 8.93. The Kier molecular flexibility index (Phi) is 7.38. The van der Waals surface area contributed by atoms with Gasteiger partial charge in [-0.05, 0) is 38.6 Å². The summed E-state index contributed by atoms with van der Waals surface area (Å²) >= 11 is 1.98. The van der Waals surface area contributed by atoms with E-state index in [0.717, 1.165) is 25.0 Å². The first kappa shape index (κ1) is 17.1. The summed E-state index contributed by atoms with van der Waals surface area (Å²) in [5.41, 5.74) is 0. The maximum absolute atomic E-state index is 4.69. The maximum Gasteiger partial charge on any atom is 0.156 e. The van der Waals surface area contributed by atoms with Crippen LogP contribution in [0.15, 0.2) is 4.99 Å². The highest BCUT2D eigenvalue weighted by atomic mass is 32.2. The van der Waals surface area contributed by atoms with E-state index in [-0.39, 0.29) is 0 Å². The summed E-state index contributed by atoms with van der Waals surface area (Å²) in [4.78, 5) is 7.34. The van der Waals surface area contributed by atoms with E-state index in [0.29, 0.717) is 5.25 Å². The highest BCUT2D eigenvalue weighted by molar-refractivity contribution is 8.14. The zero-order chi connectivity index (χ0) is 15.1. The summed E-state index contributed by atoms with van der Waals surface area (Å²) in [6.45, 7) is 11.6. The van der Waals surface area contributed by atoms with E-state index in [9.17, 15) is 0 Å². The van der Waals surface area contributed by atoms with Crippen LogP contribution in [0.2, 0.25) is 0 Å². The fourth-order valence-corrected chi connectivity index (χ4v) is 4.86. The van der Waals surface area contributed by atoms with Gasteiger partial charge in [0.1, 0.15) is 0 Å². The number of piperidine rings is 1. The Labute approximate surface area is 135 Å². The minimum atomic E-state index is 0.713. The van der Waals surface area contributed by atoms with Crippen LogP contribution in [0, 0.1) is 5.92 Å². The molecule has 1 saturated heterocycles. The summed E-state index contributed by atoms with van der Waals surface area (Å²) in [7, 11) is 0. The lowest BCUT2D eigenvalue weighted by Gasteiger charge is -2.33. The summed E-state index contributed by atoms with van der Waals surface area (Å²) in [5.74, 6) is 0.826. The Morgan fingerprint density at radius 1 is 1.33 bits per heavy atom. The van der Waals surface area contributed by atoms with Crippen molar-refractivity contribution in [1.82, 2.24) is 10.2 Å². The monoisotopic (exact) mass is 311 g/mol. The number of hydrogen-bond acceptors (Lipinski definition) is 4. The van der Waals surface area contributed by atoms with E-state index in [1.54, 1.807) is 0 Å². The number of nitrogens with one attached hydrogen (secondary N) is 1. The van der Waals surface area contributed by atoms with Gasteiger partial charge in [0, 0.05) is 24.4 Å². The second-order valence-electron chi connectivity index (χ2n) is 6.54. The number of hydrogen-bond donors (Lipinski definition) is 1.